The molecule has 0 saturated carbocycles. The number of ether oxygens (including phenoxy) is 1. The third kappa shape index (κ3) is 3.32. The summed E-state index contributed by atoms with van der Waals surface area (Å²) in [5.41, 5.74) is 7.72. The second kappa shape index (κ2) is 7.31. The minimum atomic E-state index is -0.157. The lowest BCUT2D eigenvalue weighted by molar-refractivity contribution is -0.0970. The molecule has 2 N–H and O–H groups in total. The number of thiophene rings is 1. The predicted octanol–water partition coefficient (Wildman–Crippen LogP) is 2.95. The van der Waals surface area contributed by atoms with Crippen LogP contribution in [0.4, 0.5) is 5.82 Å². The number of nitrogens with zero attached hydrogens (tertiary/aromatic N) is 4. The molecule has 0 atom stereocenters. The summed E-state index contributed by atoms with van der Waals surface area (Å²) in [4.78, 5) is 13.6. The molecule has 0 aromatic carbocycles. The monoisotopic (exact) mass is 369 g/mol. The van der Waals surface area contributed by atoms with E-state index >= 15 is 0 Å². The molecule has 0 amide bonds. The van der Waals surface area contributed by atoms with Gasteiger partial charge in [0.1, 0.15) is 5.82 Å². The van der Waals surface area contributed by atoms with Crippen molar-refractivity contribution in [2.45, 2.75) is 37.7 Å². The van der Waals surface area contributed by atoms with Gasteiger partial charge < -0.3 is 15.4 Å². The normalized spacial score (nSPS) is 19.2. The van der Waals surface area contributed by atoms with Gasteiger partial charge in [0.2, 0.25) is 0 Å². The SMILES string of the molecule is N#CCCCN1CCC2(CC1)OCCc1sc(-c3cnc(N)cn3)cc12. The van der Waals surface area contributed by atoms with E-state index in [1.54, 1.807) is 23.7 Å². The molecule has 1 fully saturated rings. The summed E-state index contributed by atoms with van der Waals surface area (Å²) in [6.07, 6.45) is 7.94. The third-order valence-corrected chi connectivity index (χ3v) is 6.58. The van der Waals surface area contributed by atoms with Crippen molar-refractivity contribution in [3.05, 3.63) is 28.9 Å². The summed E-state index contributed by atoms with van der Waals surface area (Å²) < 4.78 is 6.35. The predicted molar refractivity (Wildman–Crippen MR) is 102 cm³/mol. The number of hydrogen-bond donors (Lipinski definition) is 1. The van der Waals surface area contributed by atoms with Crippen molar-refractivity contribution in [3.63, 3.8) is 0 Å². The first-order valence-electron chi connectivity index (χ1n) is 9.14. The molecule has 26 heavy (non-hydrogen) atoms. The van der Waals surface area contributed by atoms with E-state index < -0.39 is 0 Å². The molecule has 2 aliphatic rings. The highest BCUT2D eigenvalue weighted by Gasteiger charge is 2.41. The molecule has 0 aliphatic carbocycles. The average molecular weight is 369 g/mol. The summed E-state index contributed by atoms with van der Waals surface area (Å²) in [5.74, 6) is 0.443. The van der Waals surface area contributed by atoms with Crippen LogP contribution in [0.15, 0.2) is 18.5 Å². The maximum Gasteiger partial charge on any atom is 0.141 e. The van der Waals surface area contributed by atoms with Gasteiger partial charge in [0.25, 0.3) is 0 Å². The molecule has 0 radical (unpaired) electrons. The first-order chi connectivity index (χ1) is 12.7. The number of hydrogen-bond acceptors (Lipinski definition) is 7. The van der Waals surface area contributed by atoms with Gasteiger partial charge in [-0.3, -0.25) is 0 Å². The van der Waals surface area contributed by atoms with E-state index in [2.05, 4.69) is 27.0 Å². The maximum absolute atomic E-state index is 8.71. The molecule has 1 spiro atoms. The zero-order valence-corrected chi connectivity index (χ0v) is 15.6. The Bertz CT molecular complexity index is 802. The molecule has 2 aromatic heterocycles. The topological polar surface area (TPSA) is 88.1 Å². The Labute approximate surface area is 157 Å². The van der Waals surface area contributed by atoms with Gasteiger partial charge in [-0.25, -0.2) is 9.97 Å². The first kappa shape index (κ1) is 17.4. The fourth-order valence-corrected chi connectivity index (χ4v) is 5.13. The molecular weight excluding hydrogens is 346 g/mol. The molecule has 6 nitrogen and oxygen atoms in total. The van der Waals surface area contributed by atoms with E-state index in [4.69, 9.17) is 15.7 Å². The maximum atomic E-state index is 8.71. The van der Waals surface area contributed by atoms with Crippen LogP contribution >= 0.6 is 11.3 Å². The number of nitrogen functional groups attached to an aromatic ring is 1. The summed E-state index contributed by atoms with van der Waals surface area (Å²) in [6.45, 7) is 3.84. The van der Waals surface area contributed by atoms with Crippen LogP contribution in [0, 0.1) is 11.3 Å². The minimum absolute atomic E-state index is 0.157. The van der Waals surface area contributed by atoms with Gasteiger partial charge in [0.05, 0.1) is 41.2 Å². The van der Waals surface area contributed by atoms with Crippen molar-refractivity contribution in [3.8, 4) is 16.6 Å². The Hall–Kier alpha value is -2.01. The number of unbranched alkanes of at least 4 members (excludes halogenated alkanes) is 1. The first-order valence-corrected chi connectivity index (χ1v) is 9.96. The van der Waals surface area contributed by atoms with E-state index in [0.717, 1.165) is 62.5 Å². The lowest BCUT2D eigenvalue weighted by Gasteiger charge is -2.44. The standard InChI is InChI=1S/C19H23N5OS/c20-6-1-2-7-24-8-4-19(5-9-24)14-11-17(26-16(14)3-10-25-19)15-12-23-18(21)13-22-15/h11-13H,1-5,7-10H2,(H2,21,23). The van der Waals surface area contributed by atoms with Crippen LogP contribution in [0.2, 0.25) is 0 Å². The lowest BCUT2D eigenvalue weighted by atomic mass is 9.82. The van der Waals surface area contributed by atoms with Crippen LogP contribution in [0.5, 0.6) is 0 Å². The van der Waals surface area contributed by atoms with Gasteiger partial charge in [0.15, 0.2) is 0 Å². The molecule has 0 bridgehead atoms. The van der Waals surface area contributed by atoms with Gasteiger partial charge in [-0.15, -0.1) is 11.3 Å². The molecule has 2 aromatic rings. The van der Waals surface area contributed by atoms with Crippen LogP contribution in [0.25, 0.3) is 10.6 Å². The van der Waals surface area contributed by atoms with Crippen LogP contribution in [0.1, 0.15) is 36.1 Å². The molecule has 0 unspecified atom stereocenters. The van der Waals surface area contributed by atoms with Crippen molar-refractivity contribution in [1.29, 1.82) is 5.26 Å². The number of piperidine rings is 1. The van der Waals surface area contributed by atoms with Gasteiger partial charge in [-0.2, -0.15) is 5.26 Å². The van der Waals surface area contributed by atoms with E-state index in [1.165, 1.54) is 10.4 Å². The highest BCUT2D eigenvalue weighted by atomic mass is 32.1. The van der Waals surface area contributed by atoms with Crippen LogP contribution in [-0.4, -0.2) is 41.1 Å². The zero-order chi connectivity index (χ0) is 18.0. The molecule has 1 saturated heterocycles. The fraction of sp³-hybridized carbons (Fsp3) is 0.526. The number of rotatable bonds is 4. The average Bonchev–Trinajstić information content (AvgIpc) is 3.10. The number of nitriles is 1. The van der Waals surface area contributed by atoms with Gasteiger partial charge in [-0.1, -0.05) is 0 Å². The highest BCUT2D eigenvalue weighted by Crippen LogP contribution is 2.46. The Morgan fingerprint density at radius 1 is 1.31 bits per heavy atom. The van der Waals surface area contributed by atoms with Gasteiger partial charge in [-0.05, 0) is 37.4 Å². The molecule has 4 rings (SSSR count). The molecule has 2 aliphatic heterocycles. The van der Waals surface area contributed by atoms with E-state index in [1.807, 2.05) is 0 Å². The second-order valence-corrected chi connectivity index (χ2v) is 8.11. The number of likely N-dealkylation sites (tertiary alicyclic amines) is 1. The van der Waals surface area contributed by atoms with Gasteiger partial charge >= 0.3 is 0 Å². The number of aromatic nitrogens is 2. The fourth-order valence-electron chi connectivity index (χ4n) is 3.94. The zero-order valence-electron chi connectivity index (χ0n) is 14.8. The Balaban J connectivity index is 1.53. The van der Waals surface area contributed by atoms with Crippen LogP contribution in [0.3, 0.4) is 0 Å². The number of anilines is 1. The summed E-state index contributed by atoms with van der Waals surface area (Å²) in [5, 5.41) is 8.71. The summed E-state index contributed by atoms with van der Waals surface area (Å²) >= 11 is 1.81. The Morgan fingerprint density at radius 3 is 2.88 bits per heavy atom. The van der Waals surface area contributed by atoms with Crippen molar-refractivity contribution < 1.29 is 4.74 Å². The second-order valence-electron chi connectivity index (χ2n) is 6.97. The lowest BCUT2D eigenvalue weighted by Crippen LogP contribution is -2.46. The minimum Gasteiger partial charge on any atom is -0.382 e. The molecular formula is C19H23N5OS. The van der Waals surface area contributed by atoms with Crippen LogP contribution < -0.4 is 5.73 Å². The quantitative estimate of drug-likeness (QED) is 0.834. The third-order valence-electron chi connectivity index (χ3n) is 5.36. The van der Waals surface area contributed by atoms with Crippen molar-refractivity contribution in [1.82, 2.24) is 14.9 Å². The largest absolute Gasteiger partial charge is 0.382 e. The van der Waals surface area contributed by atoms with E-state index in [0.29, 0.717) is 12.2 Å². The molecule has 4 heterocycles. The van der Waals surface area contributed by atoms with Crippen molar-refractivity contribution in [2.75, 3.05) is 32.0 Å². The smallest absolute Gasteiger partial charge is 0.141 e. The summed E-state index contributed by atoms with van der Waals surface area (Å²) in [6, 6.07) is 4.48. The van der Waals surface area contributed by atoms with Gasteiger partial charge in [0, 0.05) is 30.8 Å². The van der Waals surface area contributed by atoms with E-state index in [9.17, 15) is 0 Å². The van der Waals surface area contributed by atoms with Crippen molar-refractivity contribution >= 4 is 17.2 Å². The Morgan fingerprint density at radius 2 is 2.15 bits per heavy atom. The van der Waals surface area contributed by atoms with E-state index in [-0.39, 0.29) is 5.60 Å². The molecule has 136 valence electrons. The number of nitrogens with two attached hydrogens (primary N) is 1. The summed E-state index contributed by atoms with van der Waals surface area (Å²) in [7, 11) is 0. The highest BCUT2D eigenvalue weighted by molar-refractivity contribution is 7.15. The Kier molecular flexibility index (Phi) is 4.90. The molecule has 7 heteroatoms. The number of fused-ring (bicyclic) bond motifs is 2. The van der Waals surface area contributed by atoms with Crippen molar-refractivity contribution in [2.24, 2.45) is 0 Å². The van der Waals surface area contributed by atoms with Crippen LogP contribution in [-0.2, 0) is 16.8 Å².